The Labute approximate surface area is 211 Å². The lowest BCUT2D eigenvalue weighted by atomic mass is 10.0. The highest BCUT2D eigenvalue weighted by molar-refractivity contribution is 7.90. The van der Waals surface area contributed by atoms with Crippen LogP contribution in [0.1, 0.15) is 25.1 Å². The molecule has 5 nitrogen and oxygen atoms in total. The predicted octanol–water partition coefficient (Wildman–Crippen LogP) is 6.51. The molecule has 0 saturated heterocycles. The number of nitrogens with zero attached hydrogens (tertiary/aromatic N) is 2. The van der Waals surface area contributed by atoms with Gasteiger partial charge in [0.2, 0.25) is 0 Å². The van der Waals surface area contributed by atoms with Gasteiger partial charge >= 0.3 is 6.18 Å². The molecule has 1 N–H and O–H groups in total. The van der Waals surface area contributed by atoms with Crippen molar-refractivity contribution in [1.29, 1.82) is 0 Å². The molecule has 0 aliphatic carbocycles. The molecule has 0 fully saturated rings. The Kier molecular flexibility index (Phi) is 6.53. The minimum Gasteiger partial charge on any atom is -0.384 e. The van der Waals surface area contributed by atoms with Crippen LogP contribution in [0.3, 0.4) is 0 Å². The van der Waals surface area contributed by atoms with Gasteiger partial charge in [-0.25, -0.2) is 13.1 Å². The zero-order chi connectivity index (χ0) is 26.5. The summed E-state index contributed by atoms with van der Waals surface area (Å²) >= 11 is 6.59. The molecule has 1 heterocycles. The fourth-order valence-electron chi connectivity index (χ4n) is 3.77. The van der Waals surface area contributed by atoms with Crippen molar-refractivity contribution in [2.45, 2.75) is 30.5 Å². The number of aromatic nitrogens is 2. The van der Waals surface area contributed by atoms with Gasteiger partial charge in [0.1, 0.15) is 5.60 Å². The van der Waals surface area contributed by atoms with Gasteiger partial charge < -0.3 is 5.11 Å². The van der Waals surface area contributed by atoms with E-state index in [1.807, 2.05) is 0 Å². The van der Waals surface area contributed by atoms with Crippen LogP contribution in [0.25, 0.3) is 28.1 Å². The maximum Gasteiger partial charge on any atom is 0.417 e. The van der Waals surface area contributed by atoms with Crippen molar-refractivity contribution in [3.05, 3.63) is 89.1 Å². The molecule has 4 aromatic rings. The van der Waals surface area contributed by atoms with Gasteiger partial charge in [-0.15, -0.1) is 0 Å². The summed E-state index contributed by atoms with van der Waals surface area (Å²) in [5.74, 6) is 0. The summed E-state index contributed by atoms with van der Waals surface area (Å²) in [5.41, 5.74) is -0.613. The van der Waals surface area contributed by atoms with E-state index < -0.39 is 27.2 Å². The van der Waals surface area contributed by atoms with Crippen molar-refractivity contribution in [2.24, 2.45) is 0 Å². The van der Waals surface area contributed by atoms with Crippen molar-refractivity contribution in [2.75, 3.05) is 6.26 Å². The number of hydrogen-bond acceptors (Lipinski definition) is 4. The first-order valence-corrected chi connectivity index (χ1v) is 13.0. The van der Waals surface area contributed by atoms with Gasteiger partial charge in [-0.2, -0.15) is 18.3 Å². The van der Waals surface area contributed by atoms with Gasteiger partial charge in [-0.1, -0.05) is 48.0 Å². The second-order valence-electron chi connectivity index (χ2n) is 8.90. The molecular weight excluding hydrogens is 513 g/mol. The van der Waals surface area contributed by atoms with Crippen LogP contribution >= 0.6 is 11.6 Å². The maximum atomic E-state index is 13.8. The highest BCUT2D eigenvalue weighted by Crippen LogP contribution is 2.40. The lowest BCUT2D eigenvalue weighted by Crippen LogP contribution is -2.16. The van der Waals surface area contributed by atoms with Gasteiger partial charge in [-0.3, -0.25) is 0 Å². The molecule has 0 spiro atoms. The molecule has 36 heavy (non-hydrogen) atoms. The van der Waals surface area contributed by atoms with Crippen LogP contribution in [0.2, 0.25) is 5.02 Å². The number of alkyl halides is 3. The Bertz CT molecular complexity index is 1560. The third kappa shape index (κ3) is 5.18. The van der Waals surface area contributed by atoms with Crippen LogP contribution in [0.5, 0.6) is 0 Å². The lowest BCUT2D eigenvalue weighted by Gasteiger charge is -2.15. The smallest absolute Gasteiger partial charge is 0.384 e. The molecule has 1 aromatic heterocycles. The van der Waals surface area contributed by atoms with Crippen molar-refractivity contribution in [3.8, 4) is 28.1 Å². The number of benzene rings is 3. The Balaban J connectivity index is 1.90. The van der Waals surface area contributed by atoms with Gasteiger partial charge in [0.05, 0.1) is 32.6 Å². The number of sulfone groups is 1. The Morgan fingerprint density at radius 3 is 2.19 bits per heavy atom. The van der Waals surface area contributed by atoms with E-state index in [0.29, 0.717) is 16.8 Å². The van der Waals surface area contributed by atoms with Crippen molar-refractivity contribution < 1.29 is 26.7 Å². The number of halogens is 4. The van der Waals surface area contributed by atoms with E-state index >= 15 is 0 Å². The molecule has 188 valence electrons. The van der Waals surface area contributed by atoms with Crippen LogP contribution in [0, 0.1) is 0 Å². The average Bonchev–Trinajstić information content (AvgIpc) is 3.24. The van der Waals surface area contributed by atoms with Gasteiger partial charge in [0, 0.05) is 11.8 Å². The normalized spacial score (nSPS) is 12.7. The summed E-state index contributed by atoms with van der Waals surface area (Å²) in [4.78, 5) is 0.146. The number of rotatable bonds is 5. The fraction of sp³-hybridized carbons (Fsp3) is 0.192. The van der Waals surface area contributed by atoms with Gasteiger partial charge in [0.15, 0.2) is 9.84 Å². The zero-order valence-electron chi connectivity index (χ0n) is 19.5. The second kappa shape index (κ2) is 9.06. The van der Waals surface area contributed by atoms with Crippen LogP contribution in [0.4, 0.5) is 13.2 Å². The third-order valence-electron chi connectivity index (χ3n) is 5.62. The Morgan fingerprint density at radius 2 is 1.58 bits per heavy atom. The summed E-state index contributed by atoms with van der Waals surface area (Å²) in [7, 11) is -3.42. The molecule has 10 heteroatoms. The maximum absolute atomic E-state index is 13.8. The highest BCUT2D eigenvalue weighted by Gasteiger charge is 2.35. The van der Waals surface area contributed by atoms with Gasteiger partial charge in [-0.05, 0) is 61.4 Å². The fourth-order valence-corrected chi connectivity index (χ4v) is 4.70. The Hall–Kier alpha value is -3.14. The summed E-state index contributed by atoms with van der Waals surface area (Å²) in [5, 5.41) is 15.1. The molecule has 0 amide bonds. The van der Waals surface area contributed by atoms with Crippen LogP contribution in [-0.4, -0.2) is 29.6 Å². The first kappa shape index (κ1) is 25.9. The first-order valence-electron chi connectivity index (χ1n) is 10.8. The summed E-state index contributed by atoms with van der Waals surface area (Å²) in [6.45, 7) is 2.97. The highest BCUT2D eigenvalue weighted by atomic mass is 35.5. The molecule has 0 aliphatic rings. The quantitative estimate of drug-likeness (QED) is 0.317. The number of aliphatic hydroxyl groups is 1. The van der Waals surface area contributed by atoms with Crippen molar-refractivity contribution >= 4 is 21.4 Å². The SMILES string of the molecule is CC(C)(O)c1cc(-c2ccccc2C(F)(F)F)n(-c2ccc(-c3cccc(S(C)(=O)=O)c3)cc2Cl)n1. The Morgan fingerprint density at radius 1 is 0.917 bits per heavy atom. The molecule has 0 atom stereocenters. The minimum absolute atomic E-state index is 0.105. The van der Waals surface area contributed by atoms with E-state index in [1.165, 1.54) is 54.9 Å². The molecular formula is C26H22ClF3N2O3S. The molecule has 4 rings (SSSR count). The molecule has 3 aromatic carbocycles. The largest absolute Gasteiger partial charge is 0.417 e. The van der Waals surface area contributed by atoms with Crippen molar-refractivity contribution in [1.82, 2.24) is 9.78 Å². The van der Waals surface area contributed by atoms with E-state index in [9.17, 15) is 26.7 Å². The average molecular weight is 535 g/mol. The monoisotopic (exact) mass is 534 g/mol. The first-order chi connectivity index (χ1) is 16.7. The molecule has 0 unspecified atom stereocenters. The summed E-state index contributed by atoms with van der Waals surface area (Å²) in [6.07, 6.45) is -3.50. The van der Waals surface area contributed by atoms with Crippen molar-refractivity contribution in [3.63, 3.8) is 0 Å². The van der Waals surface area contributed by atoms with Gasteiger partial charge in [0.25, 0.3) is 0 Å². The zero-order valence-corrected chi connectivity index (χ0v) is 21.1. The molecule has 0 aliphatic heterocycles. The lowest BCUT2D eigenvalue weighted by molar-refractivity contribution is -0.137. The minimum atomic E-state index is -4.61. The van der Waals surface area contributed by atoms with E-state index in [-0.39, 0.29) is 26.9 Å². The standard InChI is InChI=1S/C26H22ClF3N2O3S/c1-25(2,33)24-15-23(19-9-4-5-10-20(19)26(28,29)30)32(31-24)22-12-11-17(14-21(22)27)16-7-6-8-18(13-16)36(3,34)35/h4-15,33H,1-3H3. The molecule has 0 bridgehead atoms. The van der Waals surface area contributed by atoms with E-state index in [2.05, 4.69) is 5.10 Å². The third-order valence-corrected chi connectivity index (χ3v) is 7.03. The predicted molar refractivity (Wildman–Crippen MR) is 133 cm³/mol. The van der Waals surface area contributed by atoms with E-state index in [4.69, 9.17) is 11.6 Å². The van der Waals surface area contributed by atoms with Crippen LogP contribution in [-0.2, 0) is 21.6 Å². The van der Waals surface area contributed by atoms with E-state index in [0.717, 1.165) is 12.3 Å². The molecule has 0 radical (unpaired) electrons. The summed E-state index contributed by atoms with van der Waals surface area (Å²) in [6, 6.07) is 17.7. The summed E-state index contributed by atoms with van der Waals surface area (Å²) < 4.78 is 66.5. The topological polar surface area (TPSA) is 72.2 Å². The second-order valence-corrected chi connectivity index (χ2v) is 11.3. The molecule has 0 saturated carbocycles. The van der Waals surface area contributed by atoms with Crippen LogP contribution < -0.4 is 0 Å². The number of hydrogen-bond donors (Lipinski definition) is 1. The van der Waals surface area contributed by atoms with E-state index in [1.54, 1.807) is 30.3 Å². The van der Waals surface area contributed by atoms with Crippen LogP contribution in [0.15, 0.2) is 77.7 Å².